The van der Waals surface area contributed by atoms with Crippen molar-refractivity contribution in [1.29, 1.82) is 5.26 Å². The summed E-state index contributed by atoms with van der Waals surface area (Å²) in [5.41, 5.74) is 3.42. The molecule has 3 rings (SSSR count). The van der Waals surface area contributed by atoms with E-state index in [1.54, 1.807) is 19.1 Å². The Bertz CT molecular complexity index is 749. The zero-order valence-electron chi connectivity index (χ0n) is 11.7. The third-order valence-electron chi connectivity index (χ3n) is 4.05. The Kier molecular flexibility index (Phi) is 3.26. The molecule has 0 aromatic heterocycles. The van der Waals surface area contributed by atoms with E-state index in [1.165, 1.54) is 6.07 Å². The van der Waals surface area contributed by atoms with E-state index >= 15 is 0 Å². The smallest absolute Gasteiger partial charge is 0.129 e. The van der Waals surface area contributed by atoms with Crippen LogP contribution < -0.4 is 5.32 Å². The molecule has 2 aromatic rings. The molecule has 2 N–H and O–H groups in total. The van der Waals surface area contributed by atoms with Gasteiger partial charge in [0.25, 0.3) is 0 Å². The Balaban J connectivity index is 1.95. The number of nitrogens with one attached hydrogen (secondary N) is 1. The lowest BCUT2D eigenvalue weighted by atomic mass is 10.1. The molecule has 0 amide bonds. The molecule has 0 saturated heterocycles. The van der Waals surface area contributed by atoms with Gasteiger partial charge in [0, 0.05) is 11.3 Å². The summed E-state index contributed by atoms with van der Waals surface area (Å²) < 4.78 is 13.8. The third kappa shape index (κ3) is 2.31. The van der Waals surface area contributed by atoms with Crippen LogP contribution in [0.15, 0.2) is 30.3 Å². The molecule has 0 fully saturated rings. The van der Waals surface area contributed by atoms with Crippen LogP contribution in [0.4, 0.5) is 10.1 Å². The fourth-order valence-corrected chi connectivity index (χ4v) is 2.87. The van der Waals surface area contributed by atoms with Crippen LogP contribution in [0.3, 0.4) is 0 Å². The highest BCUT2D eigenvalue weighted by atomic mass is 19.1. The molecule has 1 atom stereocenters. The Morgan fingerprint density at radius 2 is 2.19 bits per heavy atom. The molecule has 0 aliphatic heterocycles. The SMILES string of the molecule is Cc1c(F)cc(C#N)cc1NC1CCc2c(O)cccc21. The van der Waals surface area contributed by atoms with E-state index in [0.717, 1.165) is 24.0 Å². The van der Waals surface area contributed by atoms with E-state index in [4.69, 9.17) is 5.26 Å². The number of nitriles is 1. The molecule has 0 heterocycles. The number of anilines is 1. The van der Waals surface area contributed by atoms with Crippen molar-refractivity contribution in [1.82, 2.24) is 0 Å². The minimum absolute atomic E-state index is 0.0270. The van der Waals surface area contributed by atoms with Crippen molar-refractivity contribution < 1.29 is 9.50 Å². The number of benzene rings is 2. The second-order valence-electron chi connectivity index (χ2n) is 5.32. The average Bonchev–Trinajstić information content (AvgIpc) is 2.88. The number of nitrogens with zero attached hydrogens (tertiary/aromatic N) is 1. The lowest BCUT2D eigenvalue weighted by Gasteiger charge is -2.18. The van der Waals surface area contributed by atoms with Crippen LogP contribution >= 0.6 is 0 Å². The van der Waals surface area contributed by atoms with Gasteiger partial charge in [-0.05, 0) is 49.1 Å². The van der Waals surface area contributed by atoms with Crippen molar-refractivity contribution in [3.8, 4) is 11.8 Å². The lowest BCUT2D eigenvalue weighted by Crippen LogP contribution is -2.09. The van der Waals surface area contributed by atoms with E-state index in [1.807, 2.05) is 18.2 Å². The monoisotopic (exact) mass is 282 g/mol. The van der Waals surface area contributed by atoms with Crippen LogP contribution in [0, 0.1) is 24.1 Å². The molecule has 4 heteroatoms. The van der Waals surface area contributed by atoms with Gasteiger partial charge in [-0.2, -0.15) is 5.26 Å². The first-order valence-electron chi connectivity index (χ1n) is 6.87. The zero-order valence-corrected chi connectivity index (χ0v) is 11.7. The van der Waals surface area contributed by atoms with E-state index in [2.05, 4.69) is 5.32 Å². The maximum atomic E-state index is 13.8. The van der Waals surface area contributed by atoms with Gasteiger partial charge in [0.15, 0.2) is 0 Å². The minimum atomic E-state index is -0.384. The summed E-state index contributed by atoms with van der Waals surface area (Å²) in [4.78, 5) is 0. The van der Waals surface area contributed by atoms with Gasteiger partial charge in [0.1, 0.15) is 11.6 Å². The molecule has 0 bridgehead atoms. The van der Waals surface area contributed by atoms with Crippen molar-refractivity contribution in [2.24, 2.45) is 0 Å². The maximum Gasteiger partial charge on any atom is 0.129 e. The first-order chi connectivity index (χ1) is 10.1. The molecule has 3 nitrogen and oxygen atoms in total. The van der Waals surface area contributed by atoms with Gasteiger partial charge < -0.3 is 10.4 Å². The quantitative estimate of drug-likeness (QED) is 0.880. The Labute approximate surface area is 122 Å². The van der Waals surface area contributed by atoms with Gasteiger partial charge in [0.05, 0.1) is 17.7 Å². The van der Waals surface area contributed by atoms with Crippen LogP contribution in [0.2, 0.25) is 0 Å². The predicted octanol–water partition coefficient (Wildman–Crippen LogP) is 3.81. The van der Waals surface area contributed by atoms with Crippen molar-refractivity contribution in [3.05, 3.63) is 58.4 Å². The van der Waals surface area contributed by atoms with Gasteiger partial charge in [-0.25, -0.2) is 4.39 Å². The normalized spacial score (nSPS) is 16.3. The van der Waals surface area contributed by atoms with Gasteiger partial charge in [-0.1, -0.05) is 12.1 Å². The van der Waals surface area contributed by atoms with Crippen LogP contribution in [-0.2, 0) is 6.42 Å². The first-order valence-corrected chi connectivity index (χ1v) is 6.87. The first kappa shape index (κ1) is 13.4. The Morgan fingerprint density at radius 1 is 1.38 bits per heavy atom. The van der Waals surface area contributed by atoms with Crippen LogP contribution in [0.25, 0.3) is 0 Å². The molecular formula is C17H15FN2O. The van der Waals surface area contributed by atoms with Crippen molar-refractivity contribution in [2.45, 2.75) is 25.8 Å². The van der Waals surface area contributed by atoms with Crippen LogP contribution in [0.1, 0.15) is 34.7 Å². The van der Waals surface area contributed by atoms with E-state index < -0.39 is 0 Å². The number of rotatable bonds is 2. The molecule has 0 saturated carbocycles. The zero-order chi connectivity index (χ0) is 15.0. The number of hydrogen-bond acceptors (Lipinski definition) is 3. The fourth-order valence-electron chi connectivity index (χ4n) is 2.87. The number of aromatic hydroxyl groups is 1. The number of phenols is 1. The summed E-state index contributed by atoms with van der Waals surface area (Å²) in [5, 5.41) is 22.1. The second kappa shape index (κ2) is 5.10. The fraction of sp³-hybridized carbons (Fsp3) is 0.235. The maximum absolute atomic E-state index is 13.8. The average molecular weight is 282 g/mol. The minimum Gasteiger partial charge on any atom is -0.508 e. The van der Waals surface area contributed by atoms with Gasteiger partial charge in [-0.3, -0.25) is 0 Å². The number of halogens is 1. The molecule has 106 valence electrons. The van der Waals surface area contributed by atoms with Crippen molar-refractivity contribution in [3.63, 3.8) is 0 Å². The van der Waals surface area contributed by atoms with Gasteiger partial charge in [-0.15, -0.1) is 0 Å². The topological polar surface area (TPSA) is 56.0 Å². The molecular weight excluding hydrogens is 267 g/mol. The largest absolute Gasteiger partial charge is 0.508 e. The summed E-state index contributed by atoms with van der Waals surface area (Å²) in [7, 11) is 0. The Morgan fingerprint density at radius 3 is 2.95 bits per heavy atom. The molecule has 21 heavy (non-hydrogen) atoms. The molecule has 0 spiro atoms. The van der Waals surface area contributed by atoms with Crippen LogP contribution in [0.5, 0.6) is 5.75 Å². The molecule has 1 unspecified atom stereocenters. The standard InChI is InChI=1S/C17H15FN2O/c1-10-14(18)7-11(9-19)8-16(10)20-15-6-5-13-12(15)3-2-4-17(13)21/h2-4,7-8,15,20-21H,5-6H2,1H3. The van der Waals surface area contributed by atoms with E-state index in [0.29, 0.717) is 22.6 Å². The lowest BCUT2D eigenvalue weighted by molar-refractivity contribution is 0.469. The highest BCUT2D eigenvalue weighted by Gasteiger charge is 2.25. The van der Waals surface area contributed by atoms with Gasteiger partial charge in [0.2, 0.25) is 0 Å². The molecule has 1 aliphatic carbocycles. The predicted molar refractivity (Wildman–Crippen MR) is 78.6 cm³/mol. The number of phenolic OH excluding ortho intramolecular Hbond substituents is 1. The summed E-state index contributed by atoms with van der Waals surface area (Å²) in [5.74, 6) is -0.0730. The molecule has 0 radical (unpaired) electrons. The summed E-state index contributed by atoms with van der Waals surface area (Å²) in [6.45, 7) is 1.69. The van der Waals surface area contributed by atoms with E-state index in [9.17, 15) is 9.50 Å². The van der Waals surface area contributed by atoms with E-state index in [-0.39, 0.29) is 11.9 Å². The highest BCUT2D eigenvalue weighted by molar-refractivity contribution is 5.58. The third-order valence-corrected chi connectivity index (χ3v) is 4.05. The highest BCUT2D eigenvalue weighted by Crippen LogP contribution is 2.38. The second-order valence-corrected chi connectivity index (χ2v) is 5.32. The Hall–Kier alpha value is -2.54. The number of fused-ring (bicyclic) bond motifs is 1. The van der Waals surface area contributed by atoms with Gasteiger partial charge >= 0.3 is 0 Å². The van der Waals surface area contributed by atoms with Crippen LogP contribution in [-0.4, -0.2) is 5.11 Å². The molecule has 2 aromatic carbocycles. The summed E-state index contributed by atoms with van der Waals surface area (Å²) in [6.07, 6.45) is 1.63. The molecule has 1 aliphatic rings. The summed E-state index contributed by atoms with van der Waals surface area (Å²) >= 11 is 0. The van der Waals surface area contributed by atoms with Crippen molar-refractivity contribution >= 4 is 5.69 Å². The summed E-state index contributed by atoms with van der Waals surface area (Å²) in [6, 6.07) is 10.4. The van der Waals surface area contributed by atoms with Crippen molar-refractivity contribution in [2.75, 3.05) is 5.32 Å². The number of hydrogen-bond donors (Lipinski definition) is 2.